The van der Waals surface area contributed by atoms with Crippen molar-refractivity contribution in [3.8, 4) is 22.6 Å². The predicted octanol–water partition coefficient (Wildman–Crippen LogP) is 5.54. The Morgan fingerprint density at radius 2 is 1.50 bits per heavy atom. The number of amides is 1. The molecular formula is C31H30N2O5. The summed E-state index contributed by atoms with van der Waals surface area (Å²) in [5.74, 6) is 0.287. The average Bonchev–Trinajstić information content (AvgIpc) is 2.96. The SMILES string of the molecule is O=C(O)CCc1ccc(OCCCOc2cccc(-c3ccccc3)c2)cc1CNC(=O)c1ccccn1. The van der Waals surface area contributed by atoms with Crippen molar-refractivity contribution in [3.05, 3.63) is 114 Å². The second-order valence-electron chi connectivity index (χ2n) is 8.67. The number of rotatable bonds is 13. The number of hydrogen-bond donors (Lipinski definition) is 2. The van der Waals surface area contributed by atoms with Gasteiger partial charge in [-0.05, 0) is 65.1 Å². The van der Waals surface area contributed by atoms with Gasteiger partial charge in [-0.25, -0.2) is 0 Å². The molecule has 194 valence electrons. The standard InChI is InChI=1S/C31H30N2O5/c34-30(35)16-14-24-13-15-28(21-26(24)22-33-31(36)29-12-4-5-17-32-29)38-19-7-18-37-27-11-6-10-25(20-27)23-8-2-1-3-9-23/h1-6,8-13,15,17,20-21H,7,14,16,18-19,22H2,(H,33,36)(H,34,35). The van der Waals surface area contributed by atoms with Crippen molar-refractivity contribution in [1.29, 1.82) is 0 Å². The summed E-state index contributed by atoms with van der Waals surface area (Å²) >= 11 is 0. The molecule has 0 bridgehead atoms. The van der Waals surface area contributed by atoms with E-state index >= 15 is 0 Å². The minimum absolute atomic E-state index is 0.00417. The van der Waals surface area contributed by atoms with E-state index in [2.05, 4.69) is 28.5 Å². The minimum atomic E-state index is -0.872. The molecule has 1 aromatic heterocycles. The summed E-state index contributed by atoms with van der Waals surface area (Å²) in [4.78, 5) is 27.6. The number of carboxylic acids is 1. The number of hydrogen-bond acceptors (Lipinski definition) is 5. The summed E-state index contributed by atoms with van der Waals surface area (Å²) in [5.41, 5.74) is 4.22. The molecule has 38 heavy (non-hydrogen) atoms. The van der Waals surface area contributed by atoms with Gasteiger partial charge in [0.05, 0.1) is 13.2 Å². The number of carboxylic acid groups (broad SMARTS) is 1. The number of carbonyl (C=O) groups is 2. The fourth-order valence-corrected chi connectivity index (χ4v) is 3.94. The third-order valence-electron chi connectivity index (χ3n) is 5.89. The van der Waals surface area contributed by atoms with Gasteiger partial charge in [0.15, 0.2) is 0 Å². The number of benzene rings is 3. The molecule has 0 spiro atoms. The van der Waals surface area contributed by atoms with Gasteiger partial charge < -0.3 is 19.9 Å². The highest BCUT2D eigenvalue weighted by atomic mass is 16.5. The zero-order chi connectivity index (χ0) is 26.6. The molecule has 0 atom stereocenters. The molecule has 4 aromatic rings. The number of aromatic nitrogens is 1. The van der Waals surface area contributed by atoms with Crippen LogP contribution in [0.5, 0.6) is 11.5 Å². The Balaban J connectivity index is 1.30. The van der Waals surface area contributed by atoms with Crippen molar-refractivity contribution in [2.45, 2.75) is 25.8 Å². The van der Waals surface area contributed by atoms with Crippen LogP contribution in [-0.2, 0) is 17.8 Å². The maximum Gasteiger partial charge on any atom is 0.303 e. The highest BCUT2D eigenvalue weighted by Crippen LogP contribution is 2.24. The lowest BCUT2D eigenvalue weighted by molar-refractivity contribution is -0.136. The van der Waals surface area contributed by atoms with Crippen molar-refractivity contribution in [3.63, 3.8) is 0 Å². The van der Waals surface area contributed by atoms with E-state index in [-0.39, 0.29) is 18.9 Å². The van der Waals surface area contributed by atoms with Gasteiger partial charge in [-0.1, -0.05) is 54.6 Å². The molecule has 2 N–H and O–H groups in total. The van der Waals surface area contributed by atoms with Gasteiger partial charge in [0, 0.05) is 25.6 Å². The topological polar surface area (TPSA) is 97.8 Å². The van der Waals surface area contributed by atoms with Crippen LogP contribution in [0.25, 0.3) is 11.1 Å². The van der Waals surface area contributed by atoms with Gasteiger partial charge >= 0.3 is 5.97 Å². The van der Waals surface area contributed by atoms with Crippen LogP contribution < -0.4 is 14.8 Å². The Bertz CT molecular complexity index is 1340. The molecule has 7 nitrogen and oxygen atoms in total. The molecule has 0 saturated carbocycles. The normalized spacial score (nSPS) is 10.5. The number of nitrogens with zero attached hydrogens (tertiary/aromatic N) is 1. The fourth-order valence-electron chi connectivity index (χ4n) is 3.94. The van der Waals surface area contributed by atoms with Crippen LogP contribution >= 0.6 is 0 Å². The first-order chi connectivity index (χ1) is 18.6. The first-order valence-corrected chi connectivity index (χ1v) is 12.5. The number of nitrogens with one attached hydrogen (secondary N) is 1. The van der Waals surface area contributed by atoms with Gasteiger partial charge in [0.25, 0.3) is 5.91 Å². The lowest BCUT2D eigenvalue weighted by atomic mass is 10.0. The number of pyridine rings is 1. The van der Waals surface area contributed by atoms with Crippen LogP contribution in [0.4, 0.5) is 0 Å². The fraction of sp³-hybridized carbons (Fsp3) is 0.194. The third-order valence-corrected chi connectivity index (χ3v) is 5.89. The summed E-state index contributed by atoms with van der Waals surface area (Å²) in [6.07, 6.45) is 2.61. The Labute approximate surface area is 222 Å². The van der Waals surface area contributed by atoms with Crippen molar-refractivity contribution in [2.24, 2.45) is 0 Å². The smallest absolute Gasteiger partial charge is 0.303 e. The Morgan fingerprint density at radius 1 is 0.763 bits per heavy atom. The van der Waals surface area contributed by atoms with E-state index < -0.39 is 5.97 Å². The Kier molecular flexibility index (Phi) is 9.45. The molecule has 0 aliphatic heterocycles. The molecule has 0 fully saturated rings. The Hall–Kier alpha value is -4.65. The molecule has 1 heterocycles. The van der Waals surface area contributed by atoms with Crippen molar-refractivity contribution in [1.82, 2.24) is 10.3 Å². The van der Waals surface area contributed by atoms with Crippen LogP contribution in [-0.4, -0.2) is 35.2 Å². The van der Waals surface area contributed by atoms with E-state index in [1.54, 1.807) is 24.4 Å². The van der Waals surface area contributed by atoms with Crippen LogP contribution in [0.2, 0.25) is 0 Å². The zero-order valence-electron chi connectivity index (χ0n) is 21.0. The van der Waals surface area contributed by atoms with E-state index in [0.717, 1.165) is 28.0 Å². The summed E-state index contributed by atoms with van der Waals surface area (Å²) in [6.45, 7) is 1.19. The van der Waals surface area contributed by atoms with E-state index in [4.69, 9.17) is 14.6 Å². The summed E-state index contributed by atoms with van der Waals surface area (Å²) in [7, 11) is 0. The lowest BCUT2D eigenvalue weighted by Crippen LogP contribution is -2.24. The molecule has 1 amide bonds. The minimum Gasteiger partial charge on any atom is -0.493 e. The van der Waals surface area contributed by atoms with Gasteiger partial charge in [0.2, 0.25) is 0 Å². The van der Waals surface area contributed by atoms with Crippen molar-refractivity contribution < 1.29 is 24.2 Å². The molecule has 0 saturated heterocycles. The van der Waals surface area contributed by atoms with Gasteiger partial charge in [-0.3, -0.25) is 14.6 Å². The lowest BCUT2D eigenvalue weighted by Gasteiger charge is -2.14. The van der Waals surface area contributed by atoms with E-state index in [1.165, 1.54) is 0 Å². The number of carbonyl (C=O) groups excluding carboxylic acids is 1. The van der Waals surface area contributed by atoms with Crippen LogP contribution in [0.3, 0.4) is 0 Å². The highest BCUT2D eigenvalue weighted by Gasteiger charge is 2.11. The van der Waals surface area contributed by atoms with Gasteiger partial charge in [0.1, 0.15) is 17.2 Å². The predicted molar refractivity (Wildman–Crippen MR) is 145 cm³/mol. The molecule has 0 radical (unpaired) electrons. The van der Waals surface area contributed by atoms with Crippen molar-refractivity contribution in [2.75, 3.05) is 13.2 Å². The maximum absolute atomic E-state index is 12.4. The quantitative estimate of drug-likeness (QED) is 0.229. The maximum atomic E-state index is 12.4. The molecule has 4 rings (SSSR count). The average molecular weight is 511 g/mol. The largest absolute Gasteiger partial charge is 0.493 e. The first kappa shape index (κ1) is 26.4. The molecule has 0 unspecified atom stereocenters. The number of aliphatic carboxylic acids is 1. The van der Waals surface area contributed by atoms with E-state index in [9.17, 15) is 9.59 Å². The third kappa shape index (κ3) is 7.93. The monoisotopic (exact) mass is 510 g/mol. The van der Waals surface area contributed by atoms with E-state index in [1.807, 2.05) is 54.6 Å². The van der Waals surface area contributed by atoms with Crippen LogP contribution in [0.1, 0.15) is 34.5 Å². The summed E-state index contributed by atoms with van der Waals surface area (Å²) in [5, 5.41) is 12.0. The van der Waals surface area contributed by atoms with Crippen molar-refractivity contribution >= 4 is 11.9 Å². The van der Waals surface area contributed by atoms with Gasteiger partial charge in [-0.15, -0.1) is 0 Å². The van der Waals surface area contributed by atoms with Gasteiger partial charge in [-0.2, -0.15) is 0 Å². The number of aryl methyl sites for hydroxylation is 1. The number of ether oxygens (including phenoxy) is 2. The van der Waals surface area contributed by atoms with E-state index in [0.29, 0.717) is 37.5 Å². The summed E-state index contributed by atoms with van der Waals surface area (Å²) < 4.78 is 11.8. The molecular weight excluding hydrogens is 480 g/mol. The first-order valence-electron chi connectivity index (χ1n) is 12.5. The zero-order valence-corrected chi connectivity index (χ0v) is 21.0. The van der Waals surface area contributed by atoms with Crippen LogP contribution in [0.15, 0.2) is 97.2 Å². The molecule has 7 heteroatoms. The highest BCUT2D eigenvalue weighted by molar-refractivity contribution is 5.92. The summed E-state index contributed by atoms with van der Waals surface area (Å²) in [6, 6.07) is 28.8. The second kappa shape index (κ2) is 13.6. The van der Waals surface area contributed by atoms with Crippen LogP contribution in [0, 0.1) is 0 Å². The second-order valence-corrected chi connectivity index (χ2v) is 8.67. The Morgan fingerprint density at radius 3 is 2.24 bits per heavy atom. The molecule has 0 aliphatic rings. The molecule has 3 aromatic carbocycles. The molecule has 0 aliphatic carbocycles.